The van der Waals surface area contributed by atoms with E-state index in [0.717, 1.165) is 40.1 Å². The van der Waals surface area contributed by atoms with Gasteiger partial charge in [0, 0.05) is 36.3 Å². The van der Waals surface area contributed by atoms with Crippen LogP contribution in [0.5, 0.6) is 11.5 Å². The summed E-state index contributed by atoms with van der Waals surface area (Å²) >= 11 is 0. The van der Waals surface area contributed by atoms with Crippen LogP contribution >= 0.6 is 0 Å². The molecule has 7 heteroatoms. The third-order valence-electron chi connectivity index (χ3n) is 4.72. The van der Waals surface area contributed by atoms with Gasteiger partial charge in [-0.1, -0.05) is 6.07 Å². The Kier molecular flexibility index (Phi) is 5.89. The Labute approximate surface area is 174 Å². The average molecular weight is 402 g/mol. The highest BCUT2D eigenvalue weighted by atomic mass is 16.5. The van der Waals surface area contributed by atoms with E-state index in [1.54, 1.807) is 39.1 Å². The van der Waals surface area contributed by atoms with Gasteiger partial charge < -0.3 is 19.2 Å². The summed E-state index contributed by atoms with van der Waals surface area (Å²) in [6.07, 6.45) is 9.44. The zero-order valence-corrected chi connectivity index (χ0v) is 16.8. The molecule has 152 valence electrons. The number of aromatic nitrogens is 3. The second kappa shape index (κ2) is 9.09. The first-order valence-corrected chi connectivity index (χ1v) is 9.53. The van der Waals surface area contributed by atoms with E-state index in [9.17, 15) is 0 Å². The molecular formula is C23H22N4O3. The molecule has 3 aromatic heterocycles. The fourth-order valence-electron chi connectivity index (χ4n) is 3.18. The normalized spacial score (nSPS) is 10.6. The van der Waals surface area contributed by atoms with Crippen LogP contribution in [0.3, 0.4) is 0 Å². The van der Waals surface area contributed by atoms with Gasteiger partial charge in [-0.05, 0) is 47.9 Å². The van der Waals surface area contributed by atoms with Gasteiger partial charge in [-0.15, -0.1) is 0 Å². The number of ether oxygens (including phenoxy) is 2. The van der Waals surface area contributed by atoms with Gasteiger partial charge in [0.1, 0.15) is 0 Å². The molecule has 0 unspecified atom stereocenters. The lowest BCUT2D eigenvalue weighted by Crippen LogP contribution is -2.09. The van der Waals surface area contributed by atoms with Crippen molar-refractivity contribution in [3.8, 4) is 33.9 Å². The molecule has 0 aliphatic heterocycles. The molecule has 0 fully saturated rings. The van der Waals surface area contributed by atoms with Crippen molar-refractivity contribution in [2.45, 2.75) is 6.42 Å². The lowest BCUT2D eigenvalue weighted by molar-refractivity contribution is 0.354. The van der Waals surface area contributed by atoms with Crippen molar-refractivity contribution in [2.75, 3.05) is 26.1 Å². The average Bonchev–Trinajstić information content (AvgIpc) is 3.34. The summed E-state index contributed by atoms with van der Waals surface area (Å²) < 4.78 is 15.9. The van der Waals surface area contributed by atoms with E-state index in [4.69, 9.17) is 18.9 Å². The zero-order chi connectivity index (χ0) is 20.8. The highest BCUT2D eigenvalue weighted by Gasteiger charge is 2.13. The summed E-state index contributed by atoms with van der Waals surface area (Å²) in [6, 6.07) is 11.7. The van der Waals surface area contributed by atoms with E-state index in [2.05, 4.69) is 15.3 Å². The number of nitrogens with zero attached hydrogens (tertiary/aromatic N) is 3. The van der Waals surface area contributed by atoms with Gasteiger partial charge in [0.25, 0.3) is 0 Å². The molecule has 0 saturated carbocycles. The lowest BCUT2D eigenvalue weighted by atomic mass is 10.0. The quantitative estimate of drug-likeness (QED) is 0.465. The van der Waals surface area contributed by atoms with Crippen LogP contribution < -0.4 is 14.8 Å². The van der Waals surface area contributed by atoms with Gasteiger partial charge in [-0.25, -0.2) is 9.97 Å². The maximum Gasteiger partial charge on any atom is 0.223 e. The van der Waals surface area contributed by atoms with Crippen LogP contribution in [0.4, 0.5) is 5.95 Å². The third-order valence-corrected chi connectivity index (χ3v) is 4.72. The van der Waals surface area contributed by atoms with Crippen LogP contribution in [-0.4, -0.2) is 35.7 Å². The first kappa shape index (κ1) is 19.4. The van der Waals surface area contributed by atoms with Crippen molar-refractivity contribution in [3.63, 3.8) is 0 Å². The van der Waals surface area contributed by atoms with Gasteiger partial charge in [0.15, 0.2) is 11.5 Å². The van der Waals surface area contributed by atoms with Crippen molar-refractivity contribution in [2.24, 2.45) is 0 Å². The second-order valence-electron chi connectivity index (χ2n) is 6.57. The number of furan rings is 1. The SMILES string of the molecule is COc1ccc(CCNc2ncc(-c3ccncc3)c(-c3ccoc3)n2)cc1OC. The maximum atomic E-state index is 5.37. The molecule has 1 N–H and O–H groups in total. The van der Waals surface area contributed by atoms with E-state index in [1.807, 2.05) is 42.6 Å². The summed E-state index contributed by atoms with van der Waals surface area (Å²) in [7, 11) is 3.26. The van der Waals surface area contributed by atoms with Crippen molar-refractivity contribution < 1.29 is 13.9 Å². The molecule has 0 aliphatic carbocycles. The van der Waals surface area contributed by atoms with Gasteiger partial charge in [0.05, 0.1) is 32.4 Å². The highest BCUT2D eigenvalue weighted by Crippen LogP contribution is 2.31. The smallest absolute Gasteiger partial charge is 0.223 e. The van der Waals surface area contributed by atoms with Gasteiger partial charge in [0.2, 0.25) is 5.95 Å². The molecule has 3 heterocycles. The van der Waals surface area contributed by atoms with E-state index in [1.165, 1.54) is 0 Å². The molecule has 1 aromatic carbocycles. The predicted molar refractivity (Wildman–Crippen MR) is 115 cm³/mol. The van der Waals surface area contributed by atoms with Gasteiger partial charge in [-0.3, -0.25) is 4.98 Å². The van der Waals surface area contributed by atoms with E-state index >= 15 is 0 Å². The van der Waals surface area contributed by atoms with Crippen LogP contribution in [0.1, 0.15) is 5.56 Å². The summed E-state index contributed by atoms with van der Waals surface area (Å²) in [4.78, 5) is 13.3. The standard InChI is InChI=1S/C23H22N4O3/c1-28-20-4-3-16(13-21(20)29-2)5-11-25-23-26-14-19(17-6-9-24-10-7-17)22(27-23)18-8-12-30-15-18/h3-4,6-10,12-15H,5,11H2,1-2H3,(H,25,26,27). The Hall–Kier alpha value is -3.87. The van der Waals surface area contributed by atoms with Gasteiger partial charge in [-0.2, -0.15) is 0 Å². The molecule has 4 aromatic rings. The molecule has 0 spiro atoms. The number of hydrogen-bond acceptors (Lipinski definition) is 7. The first-order chi connectivity index (χ1) is 14.8. The molecule has 0 amide bonds. The number of benzene rings is 1. The first-order valence-electron chi connectivity index (χ1n) is 9.53. The molecule has 0 radical (unpaired) electrons. The predicted octanol–water partition coefficient (Wildman–Crippen LogP) is 4.47. The molecular weight excluding hydrogens is 380 g/mol. The Morgan fingerprint density at radius 2 is 1.80 bits per heavy atom. The monoisotopic (exact) mass is 402 g/mol. The third kappa shape index (κ3) is 4.25. The zero-order valence-electron chi connectivity index (χ0n) is 16.8. The van der Waals surface area contributed by atoms with Gasteiger partial charge >= 0.3 is 0 Å². The Morgan fingerprint density at radius 3 is 2.53 bits per heavy atom. The molecule has 30 heavy (non-hydrogen) atoms. The lowest BCUT2D eigenvalue weighted by Gasteiger charge is -2.12. The molecule has 0 saturated heterocycles. The van der Waals surface area contributed by atoms with Crippen molar-refractivity contribution >= 4 is 5.95 Å². The molecule has 0 atom stereocenters. The fraction of sp³-hybridized carbons (Fsp3) is 0.174. The Morgan fingerprint density at radius 1 is 0.967 bits per heavy atom. The van der Waals surface area contributed by atoms with Crippen LogP contribution in [0.25, 0.3) is 22.4 Å². The Balaban J connectivity index is 1.52. The minimum Gasteiger partial charge on any atom is -0.493 e. The van der Waals surface area contributed by atoms with E-state index < -0.39 is 0 Å². The number of nitrogens with one attached hydrogen (secondary N) is 1. The van der Waals surface area contributed by atoms with Crippen molar-refractivity contribution in [1.82, 2.24) is 15.0 Å². The maximum absolute atomic E-state index is 5.37. The van der Waals surface area contributed by atoms with Crippen molar-refractivity contribution in [3.05, 3.63) is 73.1 Å². The van der Waals surface area contributed by atoms with Crippen LogP contribution in [0, 0.1) is 0 Å². The van der Waals surface area contributed by atoms with Crippen LogP contribution in [0.15, 0.2) is 71.9 Å². The largest absolute Gasteiger partial charge is 0.493 e. The number of pyridine rings is 1. The fourth-order valence-corrected chi connectivity index (χ4v) is 3.18. The summed E-state index contributed by atoms with van der Waals surface area (Å²) in [5, 5.41) is 3.30. The van der Waals surface area contributed by atoms with Crippen molar-refractivity contribution in [1.29, 1.82) is 0 Å². The van der Waals surface area contributed by atoms with E-state index in [-0.39, 0.29) is 0 Å². The summed E-state index contributed by atoms with van der Waals surface area (Å²) in [5.41, 5.74) is 4.75. The Bertz CT molecular complexity index is 1100. The topological polar surface area (TPSA) is 82.3 Å². The number of hydrogen-bond donors (Lipinski definition) is 1. The second-order valence-corrected chi connectivity index (χ2v) is 6.57. The summed E-state index contributed by atoms with van der Waals surface area (Å²) in [6.45, 7) is 0.676. The minimum absolute atomic E-state index is 0.560. The summed E-state index contributed by atoms with van der Waals surface area (Å²) in [5.74, 6) is 1.99. The molecule has 0 aliphatic rings. The number of anilines is 1. The molecule has 0 bridgehead atoms. The van der Waals surface area contributed by atoms with Crippen LogP contribution in [-0.2, 0) is 6.42 Å². The molecule has 4 rings (SSSR count). The number of rotatable bonds is 8. The highest BCUT2D eigenvalue weighted by molar-refractivity contribution is 5.80. The number of methoxy groups -OCH3 is 2. The van der Waals surface area contributed by atoms with E-state index in [0.29, 0.717) is 18.2 Å². The minimum atomic E-state index is 0.560. The van der Waals surface area contributed by atoms with Crippen LogP contribution in [0.2, 0.25) is 0 Å². The molecule has 7 nitrogen and oxygen atoms in total.